The number of primary amides is 1. The Kier molecular flexibility index (Phi) is 5.29. The number of piperidine rings is 1. The van der Waals surface area contributed by atoms with Gasteiger partial charge in [-0.15, -0.1) is 0 Å². The van der Waals surface area contributed by atoms with Crippen molar-refractivity contribution in [2.75, 3.05) is 13.1 Å². The molecule has 1 amide bonds. The number of halogens is 1. The first-order valence-electron chi connectivity index (χ1n) is 8.54. The van der Waals surface area contributed by atoms with Crippen molar-refractivity contribution >= 4 is 41.6 Å². The molecule has 2 aromatic rings. The number of nitrogens with zero attached hydrogens (tertiary/aromatic N) is 4. The molecule has 1 fully saturated rings. The molecular weight excluding hydrogens is 366 g/mol. The molecule has 1 aromatic heterocycles. The standard InChI is InChI=1S/C18H22ClN7O/c1-11(26-8-6-18(21,7-9-26)17(20)27)23-16-15(22-2)14(24-25-16)12-4-3-5-13(19)10-12/h3-5,10H,2,6-9,21H2,1H3,(H2,20,27)(H,24,25)/b23-11+. The predicted molar refractivity (Wildman–Crippen MR) is 108 cm³/mol. The summed E-state index contributed by atoms with van der Waals surface area (Å²) >= 11 is 6.07. The number of hydrogen-bond donors (Lipinski definition) is 3. The lowest BCUT2D eigenvalue weighted by molar-refractivity contribution is -0.124. The summed E-state index contributed by atoms with van der Waals surface area (Å²) in [5, 5.41) is 7.84. The van der Waals surface area contributed by atoms with E-state index in [1.807, 2.05) is 25.1 Å². The molecule has 8 nitrogen and oxygen atoms in total. The number of aromatic nitrogens is 2. The highest BCUT2D eigenvalue weighted by Crippen LogP contribution is 2.37. The van der Waals surface area contributed by atoms with E-state index < -0.39 is 11.4 Å². The minimum absolute atomic E-state index is 0.463. The van der Waals surface area contributed by atoms with Crippen molar-refractivity contribution in [3.63, 3.8) is 0 Å². The van der Waals surface area contributed by atoms with E-state index in [1.165, 1.54) is 0 Å². The second kappa shape index (κ2) is 7.50. The SMILES string of the molecule is C=Nc1c(-c2cccc(Cl)c2)n[nH]c1/N=C(\C)N1CCC(N)(C(N)=O)CC1. The number of aliphatic imine (C=N–C) groups is 2. The Balaban J connectivity index is 1.83. The summed E-state index contributed by atoms with van der Waals surface area (Å²) in [7, 11) is 0. The summed E-state index contributed by atoms with van der Waals surface area (Å²) in [6.07, 6.45) is 0.969. The molecule has 0 bridgehead atoms. The van der Waals surface area contributed by atoms with Gasteiger partial charge in [0.2, 0.25) is 5.91 Å². The van der Waals surface area contributed by atoms with Gasteiger partial charge in [0, 0.05) is 23.7 Å². The molecule has 3 rings (SSSR count). The maximum Gasteiger partial charge on any atom is 0.237 e. The minimum atomic E-state index is -0.946. The van der Waals surface area contributed by atoms with Gasteiger partial charge < -0.3 is 16.4 Å². The van der Waals surface area contributed by atoms with Crippen LogP contribution in [0.25, 0.3) is 11.3 Å². The average molecular weight is 388 g/mol. The van der Waals surface area contributed by atoms with E-state index in [4.69, 9.17) is 23.1 Å². The van der Waals surface area contributed by atoms with Crippen LogP contribution in [-0.4, -0.2) is 52.2 Å². The number of aromatic amines is 1. The molecule has 1 aromatic carbocycles. The summed E-state index contributed by atoms with van der Waals surface area (Å²) in [6.45, 7) is 6.72. The Morgan fingerprint density at radius 3 is 2.70 bits per heavy atom. The molecule has 0 unspecified atom stereocenters. The minimum Gasteiger partial charge on any atom is -0.368 e. The third-order valence-corrected chi connectivity index (χ3v) is 5.09. The number of hydrogen-bond acceptors (Lipinski definition) is 5. The monoisotopic (exact) mass is 387 g/mol. The van der Waals surface area contributed by atoms with E-state index in [0.717, 1.165) is 11.4 Å². The number of rotatable bonds is 4. The third-order valence-electron chi connectivity index (χ3n) is 4.86. The number of nitrogens with one attached hydrogen (secondary N) is 1. The van der Waals surface area contributed by atoms with Crippen LogP contribution in [0.15, 0.2) is 34.3 Å². The second-order valence-electron chi connectivity index (χ2n) is 6.60. The van der Waals surface area contributed by atoms with Crippen molar-refractivity contribution in [3.05, 3.63) is 29.3 Å². The zero-order chi connectivity index (χ0) is 19.6. The maximum atomic E-state index is 11.5. The van der Waals surface area contributed by atoms with Crippen LogP contribution in [-0.2, 0) is 4.79 Å². The highest BCUT2D eigenvalue weighted by molar-refractivity contribution is 6.30. The van der Waals surface area contributed by atoms with Crippen molar-refractivity contribution in [2.24, 2.45) is 21.5 Å². The molecule has 0 radical (unpaired) electrons. The molecule has 0 atom stereocenters. The van der Waals surface area contributed by atoms with Crippen LogP contribution in [0, 0.1) is 0 Å². The summed E-state index contributed by atoms with van der Waals surface area (Å²) < 4.78 is 0. The van der Waals surface area contributed by atoms with Crippen LogP contribution in [0.3, 0.4) is 0 Å². The van der Waals surface area contributed by atoms with Crippen molar-refractivity contribution < 1.29 is 4.79 Å². The van der Waals surface area contributed by atoms with Crippen LogP contribution in [0.5, 0.6) is 0 Å². The molecular formula is C18H22ClN7O. The number of likely N-dealkylation sites (tertiary alicyclic amines) is 1. The van der Waals surface area contributed by atoms with Gasteiger partial charge in [-0.25, -0.2) is 4.99 Å². The maximum absolute atomic E-state index is 11.5. The van der Waals surface area contributed by atoms with E-state index in [-0.39, 0.29) is 0 Å². The number of carbonyl (C=O) groups is 1. The highest BCUT2D eigenvalue weighted by Gasteiger charge is 2.36. The molecule has 1 aliphatic heterocycles. The fraction of sp³-hybridized carbons (Fsp3) is 0.333. The van der Waals surface area contributed by atoms with E-state index in [1.54, 1.807) is 6.07 Å². The van der Waals surface area contributed by atoms with E-state index in [2.05, 4.69) is 31.8 Å². The van der Waals surface area contributed by atoms with Gasteiger partial charge in [-0.1, -0.05) is 23.7 Å². The molecule has 1 saturated heterocycles. The molecule has 1 aliphatic rings. The van der Waals surface area contributed by atoms with Crippen LogP contribution in [0.1, 0.15) is 19.8 Å². The quantitative estimate of drug-likeness (QED) is 0.549. The number of H-pyrrole nitrogens is 1. The van der Waals surface area contributed by atoms with Gasteiger partial charge in [-0.2, -0.15) is 5.10 Å². The summed E-state index contributed by atoms with van der Waals surface area (Å²) in [5.74, 6) is 0.819. The zero-order valence-electron chi connectivity index (χ0n) is 15.1. The van der Waals surface area contributed by atoms with Gasteiger partial charge >= 0.3 is 0 Å². The van der Waals surface area contributed by atoms with Crippen molar-refractivity contribution in [3.8, 4) is 11.3 Å². The Bertz CT molecular complexity index is 897. The molecule has 9 heteroatoms. The van der Waals surface area contributed by atoms with Crippen LogP contribution >= 0.6 is 11.6 Å². The Labute approximate surface area is 162 Å². The molecule has 0 saturated carbocycles. The predicted octanol–water partition coefficient (Wildman–Crippen LogP) is 2.39. The molecule has 142 valence electrons. The average Bonchev–Trinajstić information content (AvgIpc) is 3.04. The first-order valence-corrected chi connectivity index (χ1v) is 8.92. The molecule has 0 aliphatic carbocycles. The second-order valence-corrected chi connectivity index (χ2v) is 7.04. The lowest BCUT2D eigenvalue weighted by Crippen LogP contribution is -2.58. The van der Waals surface area contributed by atoms with E-state index >= 15 is 0 Å². The van der Waals surface area contributed by atoms with Crippen LogP contribution < -0.4 is 11.5 Å². The van der Waals surface area contributed by atoms with Crippen LogP contribution in [0.2, 0.25) is 5.02 Å². The molecule has 0 spiro atoms. The Morgan fingerprint density at radius 1 is 1.41 bits per heavy atom. The summed E-state index contributed by atoms with van der Waals surface area (Å²) in [6, 6.07) is 7.34. The topological polar surface area (TPSA) is 126 Å². The van der Waals surface area contributed by atoms with E-state index in [9.17, 15) is 4.79 Å². The van der Waals surface area contributed by atoms with Gasteiger partial charge in [-0.05, 0) is 38.6 Å². The lowest BCUT2D eigenvalue weighted by atomic mass is 9.88. The molecule has 2 heterocycles. The summed E-state index contributed by atoms with van der Waals surface area (Å²) in [4.78, 5) is 22.3. The fourth-order valence-corrected chi connectivity index (χ4v) is 3.29. The number of nitrogens with two attached hydrogens (primary N) is 2. The van der Waals surface area contributed by atoms with Crippen molar-refractivity contribution in [2.45, 2.75) is 25.3 Å². The fourth-order valence-electron chi connectivity index (χ4n) is 3.10. The highest BCUT2D eigenvalue weighted by atomic mass is 35.5. The van der Waals surface area contributed by atoms with E-state index in [0.29, 0.717) is 48.2 Å². The normalized spacial score (nSPS) is 17.0. The smallest absolute Gasteiger partial charge is 0.237 e. The number of carbonyl (C=O) groups excluding carboxylic acids is 1. The number of amidine groups is 1. The molecule has 27 heavy (non-hydrogen) atoms. The van der Waals surface area contributed by atoms with Gasteiger partial charge in [0.05, 0.1) is 5.54 Å². The van der Waals surface area contributed by atoms with Gasteiger partial charge in [0.15, 0.2) is 5.82 Å². The van der Waals surface area contributed by atoms with Crippen molar-refractivity contribution in [1.82, 2.24) is 15.1 Å². The van der Waals surface area contributed by atoms with Crippen molar-refractivity contribution in [1.29, 1.82) is 0 Å². The van der Waals surface area contributed by atoms with Crippen LogP contribution in [0.4, 0.5) is 11.5 Å². The first-order chi connectivity index (χ1) is 12.8. The van der Waals surface area contributed by atoms with Gasteiger partial charge in [-0.3, -0.25) is 14.9 Å². The van der Waals surface area contributed by atoms with Gasteiger partial charge in [0.25, 0.3) is 0 Å². The number of amides is 1. The number of benzene rings is 1. The largest absolute Gasteiger partial charge is 0.368 e. The molecule has 5 N–H and O–H groups in total. The Hall–Kier alpha value is -2.71. The summed E-state index contributed by atoms with van der Waals surface area (Å²) in [5.41, 5.74) is 12.5. The lowest BCUT2D eigenvalue weighted by Gasteiger charge is -2.37. The third kappa shape index (κ3) is 3.86. The van der Waals surface area contributed by atoms with Gasteiger partial charge in [0.1, 0.15) is 17.2 Å². The zero-order valence-corrected chi connectivity index (χ0v) is 15.8. The first kappa shape index (κ1) is 19.1. The Morgan fingerprint density at radius 2 is 2.11 bits per heavy atom.